The molecule has 1 aromatic carbocycles. The highest BCUT2D eigenvalue weighted by atomic mass is 19.3. The number of carbonyl (C=O) groups excluding carboxylic acids is 2. The molecule has 7 heteroatoms. The molecule has 1 fully saturated rings. The minimum absolute atomic E-state index is 0.101. The standard InChI is InChI=1S/C14H14F2O5/c15-14(16,13(18)19)21-11-7-5-9(6-8-11)12(17)20-10-3-1-2-4-10/h5-8,10H,1-4H2,(H,18,19)/p-1. The number of esters is 1. The van der Waals surface area contributed by atoms with Crippen LogP contribution in [0.1, 0.15) is 36.0 Å². The van der Waals surface area contributed by atoms with Gasteiger partial charge in [-0.15, -0.1) is 0 Å². The van der Waals surface area contributed by atoms with Gasteiger partial charge in [0, 0.05) is 0 Å². The lowest BCUT2D eigenvalue weighted by molar-refractivity contribution is -0.350. The van der Waals surface area contributed by atoms with Crippen LogP contribution in [0.15, 0.2) is 24.3 Å². The first kappa shape index (κ1) is 15.2. The van der Waals surface area contributed by atoms with Crippen LogP contribution in [0.3, 0.4) is 0 Å². The van der Waals surface area contributed by atoms with E-state index in [1.54, 1.807) is 0 Å². The van der Waals surface area contributed by atoms with E-state index in [0.717, 1.165) is 37.8 Å². The highest BCUT2D eigenvalue weighted by Crippen LogP contribution is 2.24. The maximum atomic E-state index is 12.8. The van der Waals surface area contributed by atoms with Gasteiger partial charge in [-0.25, -0.2) is 4.79 Å². The number of carboxylic acids is 1. The third-order valence-electron chi connectivity index (χ3n) is 3.15. The molecule has 0 aliphatic heterocycles. The summed E-state index contributed by atoms with van der Waals surface area (Å²) in [5, 5.41) is 10.1. The summed E-state index contributed by atoms with van der Waals surface area (Å²) in [4.78, 5) is 21.9. The molecular formula is C14H13F2O5-. The molecule has 0 saturated heterocycles. The maximum Gasteiger partial charge on any atom is 0.441 e. The van der Waals surface area contributed by atoms with Gasteiger partial charge in [-0.2, -0.15) is 8.78 Å². The van der Waals surface area contributed by atoms with Crippen molar-refractivity contribution in [1.82, 2.24) is 0 Å². The molecule has 21 heavy (non-hydrogen) atoms. The zero-order valence-electron chi connectivity index (χ0n) is 11.0. The molecule has 0 N–H and O–H groups in total. The maximum absolute atomic E-state index is 12.8. The zero-order chi connectivity index (χ0) is 15.5. The summed E-state index contributed by atoms with van der Waals surface area (Å²) < 4.78 is 34.8. The number of hydrogen-bond acceptors (Lipinski definition) is 5. The van der Waals surface area contributed by atoms with Gasteiger partial charge in [0.25, 0.3) is 0 Å². The molecule has 0 amide bonds. The van der Waals surface area contributed by atoms with Crippen LogP contribution in [0.4, 0.5) is 8.78 Å². The van der Waals surface area contributed by atoms with Crippen molar-refractivity contribution in [2.45, 2.75) is 37.9 Å². The lowest BCUT2D eigenvalue weighted by Gasteiger charge is -2.18. The number of hydrogen-bond donors (Lipinski definition) is 0. The Bertz CT molecular complexity index is 521. The second kappa shape index (κ2) is 6.07. The molecule has 0 unspecified atom stereocenters. The Morgan fingerprint density at radius 2 is 1.71 bits per heavy atom. The molecule has 1 aromatic rings. The van der Waals surface area contributed by atoms with Gasteiger partial charge in [0.1, 0.15) is 11.9 Å². The molecular weight excluding hydrogens is 286 g/mol. The van der Waals surface area contributed by atoms with Crippen molar-refractivity contribution in [2.75, 3.05) is 0 Å². The summed E-state index contributed by atoms with van der Waals surface area (Å²) in [6.45, 7) is 0. The summed E-state index contributed by atoms with van der Waals surface area (Å²) in [6, 6.07) is 4.61. The van der Waals surface area contributed by atoms with E-state index < -0.39 is 18.0 Å². The van der Waals surface area contributed by atoms with E-state index in [2.05, 4.69) is 4.74 Å². The molecule has 0 heterocycles. The molecule has 114 valence electrons. The van der Waals surface area contributed by atoms with E-state index in [1.807, 2.05) is 0 Å². The third-order valence-corrected chi connectivity index (χ3v) is 3.15. The fourth-order valence-electron chi connectivity index (χ4n) is 2.07. The number of rotatable bonds is 5. The highest BCUT2D eigenvalue weighted by Gasteiger charge is 2.34. The van der Waals surface area contributed by atoms with Crippen LogP contribution in [0.25, 0.3) is 0 Å². The topological polar surface area (TPSA) is 75.7 Å². The van der Waals surface area contributed by atoms with Crippen LogP contribution in [-0.4, -0.2) is 24.2 Å². The quantitative estimate of drug-likeness (QED) is 0.770. The average molecular weight is 299 g/mol. The van der Waals surface area contributed by atoms with E-state index in [-0.39, 0.29) is 17.4 Å². The molecule has 5 nitrogen and oxygen atoms in total. The number of ether oxygens (including phenoxy) is 2. The van der Waals surface area contributed by atoms with Gasteiger partial charge in [0.05, 0.1) is 5.56 Å². The van der Waals surface area contributed by atoms with Gasteiger partial charge in [-0.05, 0) is 49.9 Å². The summed E-state index contributed by atoms with van der Waals surface area (Å²) in [6.07, 6.45) is -0.844. The number of halogens is 2. The van der Waals surface area contributed by atoms with Crippen molar-refractivity contribution < 1.29 is 33.0 Å². The van der Waals surface area contributed by atoms with Gasteiger partial charge >= 0.3 is 12.1 Å². The summed E-state index contributed by atoms with van der Waals surface area (Å²) in [7, 11) is 0. The van der Waals surface area contributed by atoms with Crippen LogP contribution in [0.2, 0.25) is 0 Å². The van der Waals surface area contributed by atoms with Crippen molar-refractivity contribution in [3.63, 3.8) is 0 Å². The average Bonchev–Trinajstić information content (AvgIpc) is 2.91. The van der Waals surface area contributed by atoms with E-state index in [9.17, 15) is 23.5 Å². The van der Waals surface area contributed by atoms with Crippen molar-refractivity contribution in [3.8, 4) is 5.75 Å². The van der Waals surface area contributed by atoms with E-state index in [1.165, 1.54) is 12.1 Å². The molecule has 0 radical (unpaired) electrons. The monoisotopic (exact) mass is 299 g/mol. The summed E-state index contributed by atoms with van der Waals surface area (Å²) in [5.74, 6) is -3.56. The first-order valence-corrected chi connectivity index (χ1v) is 6.48. The highest BCUT2D eigenvalue weighted by molar-refractivity contribution is 5.89. The Balaban J connectivity index is 1.98. The van der Waals surface area contributed by atoms with E-state index in [0.29, 0.717) is 0 Å². The van der Waals surface area contributed by atoms with E-state index >= 15 is 0 Å². The van der Waals surface area contributed by atoms with Crippen molar-refractivity contribution in [1.29, 1.82) is 0 Å². The predicted molar refractivity (Wildman–Crippen MR) is 64.7 cm³/mol. The fraction of sp³-hybridized carbons (Fsp3) is 0.429. The Kier molecular flexibility index (Phi) is 4.40. The fourth-order valence-corrected chi connectivity index (χ4v) is 2.07. The predicted octanol–water partition coefficient (Wildman–Crippen LogP) is 1.51. The van der Waals surface area contributed by atoms with Crippen LogP contribution in [0.5, 0.6) is 5.75 Å². The lowest BCUT2D eigenvalue weighted by Crippen LogP contribution is -2.45. The normalized spacial score (nSPS) is 15.7. The number of aliphatic carboxylic acids is 1. The van der Waals surface area contributed by atoms with Gasteiger partial charge in [0.2, 0.25) is 0 Å². The lowest BCUT2D eigenvalue weighted by atomic mass is 10.2. The van der Waals surface area contributed by atoms with Crippen molar-refractivity contribution >= 4 is 11.9 Å². The zero-order valence-corrected chi connectivity index (χ0v) is 11.0. The second-order valence-electron chi connectivity index (χ2n) is 4.74. The summed E-state index contributed by atoms with van der Waals surface area (Å²) in [5.41, 5.74) is 0.186. The Hall–Kier alpha value is -2.18. The van der Waals surface area contributed by atoms with Crippen LogP contribution >= 0.6 is 0 Å². The van der Waals surface area contributed by atoms with Gasteiger partial charge < -0.3 is 19.4 Å². The van der Waals surface area contributed by atoms with Crippen molar-refractivity contribution in [2.24, 2.45) is 0 Å². The molecule has 0 bridgehead atoms. The largest absolute Gasteiger partial charge is 0.541 e. The molecule has 1 aliphatic rings. The smallest absolute Gasteiger partial charge is 0.441 e. The Morgan fingerprint density at radius 1 is 1.14 bits per heavy atom. The SMILES string of the molecule is O=C(OC1CCCC1)c1ccc(OC(F)(F)C(=O)[O-])cc1. The van der Waals surface area contributed by atoms with Crippen molar-refractivity contribution in [3.05, 3.63) is 29.8 Å². The van der Waals surface area contributed by atoms with Gasteiger partial charge in [-0.3, -0.25) is 0 Å². The number of carboxylic acid groups (broad SMARTS) is 1. The third kappa shape index (κ3) is 3.90. The second-order valence-corrected chi connectivity index (χ2v) is 4.74. The Labute approximate surface area is 119 Å². The minimum Gasteiger partial charge on any atom is -0.541 e. The van der Waals surface area contributed by atoms with Crippen LogP contribution in [-0.2, 0) is 9.53 Å². The van der Waals surface area contributed by atoms with Gasteiger partial charge in [-0.1, -0.05) is 0 Å². The molecule has 0 spiro atoms. The number of alkyl halides is 2. The first-order chi connectivity index (χ1) is 9.88. The molecule has 0 aromatic heterocycles. The Morgan fingerprint density at radius 3 is 2.24 bits per heavy atom. The van der Waals surface area contributed by atoms with Crippen LogP contribution < -0.4 is 9.84 Å². The number of carbonyl (C=O) groups is 2. The summed E-state index contributed by atoms with van der Waals surface area (Å²) >= 11 is 0. The molecule has 1 saturated carbocycles. The first-order valence-electron chi connectivity index (χ1n) is 6.48. The molecule has 2 rings (SSSR count). The van der Waals surface area contributed by atoms with E-state index in [4.69, 9.17) is 4.74 Å². The van der Waals surface area contributed by atoms with Crippen LogP contribution in [0, 0.1) is 0 Å². The minimum atomic E-state index is -4.42. The molecule has 0 atom stereocenters. The van der Waals surface area contributed by atoms with Gasteiger partial charge in [0.15, 0.2) is 5.97 Å². The molecule has 1 aliphatic carbocycles. The number of benzene rings is 1.